The quantitative estimate of drug-likeness (QED) is 0.734. The number of hydrogen-bond acceptors (Lipinski definition) is 3. The van der Waals surface area contributed by atoms with E-state index in [1.807, 2.05) is 13.0 Å². The first-order valence-electron chi connectivity index (χ1n) is 5.93. The van der Waals surface area contributed by atoms with Gasteiger partial charge in [0.05, 0.1) is 0 Å². The van der Waals surface area contributed by atoms with E-state index in [0.29, 0.717) is 12.1 Å². The Morgan fingerprint density at radius 1 is 1.37 bits per heavy atom. The predicted molar refractivity (Wildman–Crippen MR) is 76.8 cm³/mol. The molecule has 0 aliphatic rings. The molecule has 0 unspecified atom stereocenters. The van der Waals surface area contributed by atoms with Crippen molar-refractivity contribution in [2.75, 3.05) is 11.9 Å². The molecule has 0 saturated carbocycles. The first-order chi connectivity index (χ1) is 8.95. The summed E-state index contributed by atoms with van der Waals surface area (Å²) in [5, 5.41) is 13.8. The van der Waals surface area contributed by atoms with E-state index in [1.54, 1.807) is 19.1 Å². The Hall–Kier alpha value is -1.40. The zero-order valence-electron chi connectivity index (χ0n) is 10.9. The third-order valence-corrected chi connectivity index (χ3v) is 3.52. The third-order valence-electron chi connectivity index (χ3n) is 2.66. The average molecular weight is 329 g/mol. The second-order valence-electron chi connectivity index (χ2n) is 4.25. The minimum absolute atomic E-state index is 0.0339. The Kier molecular flexibility index (Phi) is 5.98. The first kappa shape index (κ1) is 15.7. The fraction of sp³-hybridized carbons (Fsp3) is 0.385. The molecule has 1 atom stereocenters. The molecule has 6 heteroatoms. The number of anilines is 1. The number of carbonyl (C=O) groups excluding carboxylic acids is 2. The molecule has 0 saturated heterocycles. The van der Waals surface area contributed by atoms with Crippen LogP contribution in [-0.2, 0) is 9.59 Å². The molecule has 19 heavy (non-hydrogen) atoms. The van der Waals surface area contributed by atoms with Crippen LogP contribution in [0.5, 0.6) is 0 Å². The predicted octanol–water partition coefficient (Wildman–Crippen LogP) is 1.58. The van der Waals surface area contributed by atoms with Crippen LogP contribution in [0.4, 0.5) is 5.69 Å². The van der Waals surface area contributed by atoms with Crippen LogP contribution < -0.4 is 10.6 Å². The van der Waals surface area contributed by atoms with E-state index in [0.717, 1.165) is 10.0 Å². The Morgan fingerprint density at radius 3 is 2.68 bits per heavy atom. The molecule has 104 valence electrons. The number of rotatable bonds is 4. The molecule has 0 spiro atoms. The summed E-state index contributed by atoms with van der Waals surface area (Å²) in [6.07, 6.45) is 0.412. The van der Waals surface area contributed by atoms with Crippen molar-refractivity contribution in [2.24, 2.45) is 0 Å². The molecule has 1 aromatic carbocycles. The molecule has 0 aromatic heterocycles. The van der Waals surface area contributed by atoms with Crippen LogP contribution in [0.3, 0.4) is 0 Å². The van der Waals surface area contributed by atoms with E-state index in [1.165, 1.54) is 0 Å². The lowest BCUT2D eigenvalue weighted by Gasteiger charge is -2.13. The van der Waals surface area contributed by atoms with Crippen LogP contribution in [0.2, 0.25) is 0 Å². The van der Waals surface area contributed by atoms with Gasteiger partial charge in [-0.2, -0.15) is 0 Å². The summed E-state index contributed by atoms with van der Waals surface area (Å²) in [7, 11) is 0. The standard InChI is InChI=1S/C13H17BrN2O3/c1-8(6-7-17)15-12(18)13(19)16-11-5-3-4-10(14)9(11)2/h3-5,8,17H,6-7H2,1-2H3,(H,15,18)(H,16,19)/t8-/m1/s1. The van der Waals surface area contributed by atoms with Gasteiger partial charge in [0.25, 0.3) is 0 Å². The second-order valence-corrected chi connectivity index (χ2v) is 5.11. The third kappa shape index (κ3) is 4.65. The molecule has 2 amide bonds. The molecule has 3 N–H and O–H groups in total. The zero-order chi connectivity index (χ0) is 14.4. The minimum Gasteiger partial charge on any atom is -0.396 e. The lowest BCUT2D eigenvalue weighted by molar-refractivity contribution is -0.136. The van der Waals surface area contributed by atoms with Crippen LogP contribution in [0.1, 0.15) is 18.9 Å². The topological polar surface area (TPSA) is 78.4 Å². The van der Waals surface area contributed by atoms with E-state index >= 15 is 0 Å². The fourth-order valence-electron chi connectivity index (χ4n) is 1.48. The highest BCUT2D eigenvalue weighted by Gasteiger charge is 2.17. The normalized spacial score (nSPS) is 11.8. The van der Waals surface area contributed by atoms with Gasteiger partial charge in [-0.05, 0) is 38.0 Å². The van der Waals surface area contributed by atoms with Crippen molar-refractivity contribution in [3.05, 3.63) is 28.2 Å². The van der Waals surface area contributed by atoms with Crippen LogP contribution in [0.25, 0.3) is 0 Å². The van der Waals surface area contributed by atoms with Gasteiger partial charge in [-0.15, -0.1) is 0 Å². The molecule has 0 heterocycles. The molecule has 0 aliphatic carbocycles. The highest BCUT2D eigenvalue weighted by Crippen LogP contribution is 2.23. The van der Waals surface area contributed by atoms with Crippen molar-refractivity contribution in [3.63, 3.8) is 0 Å². The van der Waals surface area contributed by atoms with Crippen molar-refractivity contribution >= 4 is 33.4 Å². The lowest BCUT2D eigenvalue weighted by Crippen LogP contribution is -2.40. The summed E-state index contributed by atoms with van der Waals surface area (Å²) in [6, 6.07) is 5.11. The van der Waals surface area contributed by atoms with Crippen molar-refractivity contribution in [3.8, 4) is 0 Å². The summed E-state index contributed by atoms with van der Waals surface area (Å²) in [6.45, 7) is 3.53. The maximum Gasteiger partial charge on any atom is 0.313 e. The number of halogens is 1. The molecule has 1 aromatic rings. The largest absolute Gasteiger partial charge is 0.396 e. The molecule has 0 aliphatic heterocycles. The molecule has 0 fully saturated rings. The number of aliphatic hydroxyl groups is 1. The number of hydrogen-bond donors (Lipinski definition) is 3. The number of amides is 2. The van der Waals surface area contributed by atoms with Crippen molar-refractivity contribution in [1.82, 2.24) is 5.32 Å². The van der Waals surface area contributed by atoms with Crippen molar-refractivity contribution < 1.29 is 14.7 Å². The zero-order valence-corrected chi connectivity index (χ0v) is 12.5. The van der Waals surface area contributed by atoms with Gasteiger partial charge in [0.1, 0.15) is 0 Å². The van der Waals surface area contributed by atoms with E-state index in [2.05, 4.69) is 26.6 Å². The molecular formula is C13H17BrN2O3. The average Bonchev–Trinajstić information content (AvgIpc) is 2.35. The minimum atomic E-state index is -0.717. The van der Waals surface area contributed by atoms with E-state index < -0.39 is 11.8 Å². The molecular weight excluding hydrogens is 312 g/mol. The van der Waals surface area contributed by atoms with Crippen LogP contribution in [0, 0.1) is 6.92 Å². The Balaban J connectivity index is 2.64. The number of nitrogens with one attached hydrogen (secondary N) is 2. The summed E-state index contributed by atoms with van der Waals surface area (Å²) in [5.41, 5.74) is 1.44. The van der Waals surface area contributed by atoms with Gasteiger partial charge in [-0.1, -0.05) is 22.0 Å². The maximum absolute atomic E-state index is 11.7. The highest BCUT2D eigenvalue weighted by molar-refractivity contribution is 9.10. The summed E-state index contributed by atoms with van der Waals surface area (Å²) in [5.74, 6) is -1.42. The van der Waals surface area contributed by atoms with Gasteiger partial charge in [0.15, 0.2) is 0 Å². The van der Waals surface area contributed by atoms with Gasteiger partial charge < -0.3 is 15.7 Å². The van der Waals surface area contributed by atoms with Crippen LogP contribution in [0.15, 0.2) is 22.7 Å². The smallest absolute Gasteiger partial charge is 0.313 e. The molecule has 0 radical (unpaired) electrons. The Morgan fingerprint density at radius 2 is 2.05 bits per heavy atom. The molecule has 0 bridgehead atoms. The number of aliphatic hydroxyl groups excluding tert-OH is 1. The number of carbonyl (C=O) groups is 2. The van der Waals surface area contributed by atoms with Crippen molar-refractivity contribution in [1.29, 1.82) is 0 Å². The Bertz CT molecular complexity index is 477. The summed E-state index contributed by atoms with van der Waals surface area (Å²) >= 11 is 3.35. The van der Waals surface area contributed by atoms with Gasteiger partial charge in [0.2, 0.25) is 0 Å². The van der Waals surface area contributed by atoms with Gasteiger partial charge >= 0.3 is 11.8 Å². The van der Waals surface area contributed by atoms with E-state index in [9.17, 15) is 9.59 Å². The number of benzene rings is 1. The molecule has 5 nitrogen and oxygen atoms in total. The van der Waals surface area contributed by atoms with Crippen LogP contribution in [-0.4, -0.2) is 29.6 Å². The Labute approximate surface area is 120 Å². The van der Waals surface area contributed by atoms with Crippen molar-refractivity contribution in [2.45, 2.75) is 26.3 Å². The summed E-state index contributed by atoms with van der Waals surface area (Å²) < 4.78 is 0.861. The maximum atomic E-state index is 11.7. The van der Waals surface area contributed by atoms with Crippen LogP contribution >= 0.6 is 15.9 Å². The van der Waals surface area contributed by atoms with Gasteiger partial charge in [0, 0.05) is 22.8 Å². The first-order valence-corrected chi connectivity index (χ1v) is 6.72. The molecule has 1 rings (SSSR count). The van der Waals surface area contributed by atoms with Gasteiger partial charge in [-0.3, -0.25) is 9.59 Å². The monoisotopic (exact) mass is 328 g/mol. The highest BCUT2D eigenvalue weighted by atomic mass is 79.9. The second kappa shape index (κ2) is 7.25. The summed E-state index contributed by atoms with van der Waals surface area (Å²) in [4.78, 5) is 23.3. The fourth-order valence-corrected chi connectivity index (χ4v) is 1.84. The lowest BCUT2D eigenvalue weighted by atomic mass is 10.2. The van der Waals surface area contributed by atoms with E-state index in [4.69, 9.17) is 5.11 Å². The van der Waals surface area contributed by atoms with E-state index in [-0.39, 0.29) is 12.6 Å². The SMILES string of the molecule is Cc1c(Br)cccc1NC(=O)C(=O)N[C@H](C)CCO. The van der Waals surface area contributed by atoms with Gasteiger partial charge in [-0.25, -0.2) is 0 Å².